The number of nitrogens with one attached hydrogen (secondary N) is 1. The Morgan fingerprint density at radius 2 is 2.04 bits per heavy atom. The van der Waals surface area contributed by atoms with Crippen LogP contribution in [0.1, 0.15) is 41.5 Å². The van der Waals surface area contributed by atoms with Gasteiger partial charge in [-0.2, -0.15) is 5.10 Å². The molecule has 0 aliphatic heterocycles. The SMILES string of the molecule is COc1cccc(CNC(=O)c2cc3cnn(C(C)C)c3nc2C)c1OC. The molecule has 3 rings (SSSR count). The summed E-state index contributed by atoms with van der Waals surface area (Å²) in [5, 5.41) is 8.14. The highest BCUT2D eigenvalue weighted by Crippen LogP contribution is 2.30. The van der Waals surface area contributed by atoms with Gasteiger partial charge in [0.2, 0.25) is 0 Å². The first-order chi connectivity index (χ1) is 13.0. The largest absolute Gasteiger partial charge is 0.493 e. The molecule has 0 aliphatic rings. The molecule has 142 valence electrons. The Hall–Kier alpha value is -3.09. The Morgan fingerprint density at radius 3 is 2.70 bits per heavy atom. The first-order valence-corrected chi connectivity index (χ1v) is 8.79. The summed E-state index contributed by atoms with van der Waals surface area (Å²) in [5.41, 5.74) is 2.82. The van der Waals surface area contributed by atoms with Gasteiger partial charge in [0.05, 0.1) is 31.7 Å². The quantitative estimate of drug-likeness (QED) is 0.722. The predicted octanol–water partition coefficient (Wildman–Crippen LogP) is 3.27. The van der Waals surface area contributed by atoms with Crippen LogP contribution in [0.3, 0.4) is 0 Å². The van der Waals surface area contributed by atoms with Crippen molar-refractivity contribution in [3.8, 4) is 11.5 Å². The number of hydrogen-bond acceptors (Lipinski definition) is 5. The van der Waals surface area contributed by atoms with Crippen molar-refractivity contribution in [1.82, 2.24) is 20.1 Å². The lowest BCUT2D eigenvalue weighted by atomic mass is 10.1. The molecule has 0 saturated heterocycles. The van der Waals surface area contributed by atoms with Gasteiger partial charge >= 0.3 is 0 Å². The second kappa shape index (κ2) is 7.65. The molecule has 0 aliphatic carbocycles. The number of carbonyl (C=O) groups is 1. The van der Waals surface area contributed by atoms with E-state index in [1.54, 1.807) is 20.4 Å². The molecule has 0 atom stereocenters. The van der Waals surface area contributed by atoms with Crippen molar-refractivity contribution in [2.45, 2.75) is 33.4 Å². The highest BCUT2D eigenvalue weighted by molar-refractivity contribution is 5.98. The van der Waals surface area contributed by atoms with Crippen molar-refractivity contribution in [2.24, 2.45) is 0 Å². The molecule has 2 heterocycles. The third kappa shape index (κ3) is 3.58. The maximum absolute atomic E-state index is 12.7. The minimum absolute atomic E-state index is 0.191. The third-order valence-electron chi connectivity index (χ3n) is 4.42. The molecule has 2 aromatic heterocycles. The van der Waals surface area contributed by atoms with E-state index in [-0.39, 0.29) is 11.9 Å². The average molecular weight is 368 g/mol. The number of fused-ring (bicyclic) bond motifs is 1. The van der Waals surface area contributed by atoms with Gasteiger partial charge in [-0.3, -0.25) is 4.79 Å². The molecule has 0 saturated carbocycles. The fourth-order valence-corrected chi connectivity index (χ4v) is 3.04. The fourth-order valence-electron chi connectivity index (χ4n) is 3.04. The van der Waals surface area contributed by atoms with Crippen molar-refractivity contribution in [1.29, 1.82) is 0 Å². The van der Waals surface area contributed by atoms with Crippen LogP contribution in [0, 0.1) is 6.92 Å². The Kier molecular flexibility index (Phi) is 5.30. The number of aromatic nitrogens is 3. The zero-order valence-corrected chi connectivity index (χ0v) is 16.2. The number of para-hydroxylation sites is 1. The first-order valence-electron chi connectivity index (χ1n) is 8.79. The van der Waals surface area contributed by atoms with Crippen molar-refractivity contribution in [3.05, 3.63) is 47.3 Å². The van der Waals surface area contributed by atoms with Gasteiger partial charge in [-0.1, -0.05) is 12.1 Å². The summed E-state index contributed by atoms with van der Waals surface area (Å²) in [7, 11) is 3.17. The van der Waals surface area contributed by atoms with Crippen LogP contribution in [0.25, 0.3) is 11.0 Å². The van der Waals surface area contributed by atoms with E-state index >= 15 is 0 Å². The monoisotopic (exact) mass is 368 g/mol. The summed E-state index contributed by atoms with van der Waals surface area (Å²) in [6.45, 7) is 6.25. The lowest BCUT2D eigenvalue weighted by Crippen LogP contribution is -2.24. The molecule has 0 bridgehead atoms. The molecule has 1 aromatic carbocycles. The van der Waals surface area contributed by atoms with E-state index in [1.165, 1.54) is 0 Å². The number of hydrogen-bond donors (Lipinski definition) is 1. The van der Waals surface area contributed by atoms with Gasteiger partial charge in [0.25, 0.3) is 5.91 Å². The van der Waals surface area contributed by atoms with Gasteiger partial charge in [-0.05, 0) is 32.9 Å². The van der Waals surface area contributed by atoms with E-state index in [2.05, 4.69) is 15.4 Å². The summed E-state index contributed by atoms with van der Waals surface area (Å²) in [4.78, 5) is 17.3. The number of nitrogens with zero attached hydrogens (tertiary/aromatic N) is 3. The molecule has 3 aromatic rings. The van der Waals surface area contributed by atoms with E-state index in [4.69, 9.17) is 9.47 Å². The van der Waals surface area contributed by atoms with Crippen LogP contribution in [0.2, 0.25) is 0 Å². The Balaban J connectivity index is 1.84. The van der Waals surface area contributed by atoms with Crippen LogP contribution < -0.4 is 14.8 Å². The molecular formula is C20H24N4O3. The van der Waals surface area contributed by atoms with E-state index in [0.717, 1.165) is 16.6 Å². The minimum Gasteiger partial charge on any atom is -0.493 e. The van der Waals surface area contributed by atoms with Crippen molar-refractivity contribution in [2.75, 3.05) is 14.2 Å². The average Bonchev–Trinajstić information content (AvgIpc) is 3.07. The molecule has 27 heavy (non-hydrogen) atoms. The maximum Gasteiger partial charge on any atom is 0.253 e. The van der Waals surface area contributed by atoms with Gasteiger partial charge < -0.3 is 14.8 Å². The number of rotatable bonds is 6. The molecule has 0 unspecified atom stereocenters. The van der Waals surface area contributed by atoms with Crippen LogP contribution in [0.15, 0.2) is 30.5 Å². The zero-order chi connectivity index (χ0) is 19.6. The second-order valence-corrected chi connectivity index (χ2v) is 6.55. The summed E-state index contributed by atoms with van der Waals surface area (Å²) in [5.74, 6) is 1.05. The molecule has 0 fully saturated rings. The van der Waals surface area contributed by atoms with Crippen LogP contribution in [0.5, 0.6) is 11.5 Å². The molecule has 7 heteroatoms. The lowest BCUT2D eigenvalue weighted by molar-refractivity contribution is 0.0949. The Morgan fingerprint density at radius 1 is 1.26 bits per heavy atom. The van der Waals surface area contributed by atoms with Crippen molar-refractivity contribution < 1.29 is 14.3 Å². The second-order valence-electron chi connectivity index (χ2n) is 6.55. The summed E-state index contributed by atoms with van der Waals surface area (Å²) < 4.78 is 12.6. The fraction of sp³-hybridized carbons (Fsp3) is 0.350. The van der Waals surface area contributed by atoms with Crippen LogP contribution in [-0.4, -0.2) is 34.9 Å². The maximum atomic E-state index is 12.7. The molecule has 0 radical (unpaired) electrons. The predicted molar refractivity (Wildman–Crippen MR) is 103 cm³/mol. The minimum atomic E-state index is -0.191. The van der Waals surface area contributed by atoms with Gasteiger partial charge in [-0.25, -0.2) is 9.67 Å². The normalized spacial score (nSPS) is 11.0. The number of ether oxygens (including phenoxy) is 2. The highest BCUT2D eigenvalue weighted by atomic mass is 16.5. The molecular weight excluding hydrogens is 344 g/mol. The Bertz CT molecular complexity index is 979. The Labute approximate surface area is 158 Å². The van der Waals surface area contributed by atoms with E-state index in [9.17, 15) is 4.79 Å². The van der Waals surface area contributed by atoms with Crippen LogP contribution in [-0.2, 0) is 6.54 Å². The first kappa shape index (κ1) is 18.7. The summed E-state index contributed by atoms with van der Waals surface area (Å²) >= 11 is 0. The van der Waals surface area contributed by atoms with Crippen LogP contribution >= 0.6 is 0 Å². The standard InChI is InChI=1S/C20H24N4O3/c1-12(2)24-19-15(11-22-24)9-16(13(3)23-19)20(25)21-10-14-7-6-8-17(26-4)18(14)27-5/h6-9,11-12H,10H2,1-5H3,(H,21,25). The molecule has 0 spiro atoms. The highest BCUT2D eigenvalue weighted by Gasteiger charge is 2.16. The number of benzene rings is 1. The smallest absolute Gasteiger partial charge is 0.253 e. The van der Waals surface area contributed by atoms with Crippen molar-refractivity contribution in [3.63, 3.8) is 0 Å². The number of pyridine rings is 1. The number of amides is 1. The molecule has 7 nitrogen and oxygen atoms in total. The molecule has 1 amide bonds. The third-order valence-corrected chi connectivity index (χ3v) is 4.42. The summed E-state index contributed by atoms with van der Waals surface area (Å²) in [6.07, 6.45) is 1.74. The zero-order valence-electron chi connectivity index (χ0n) is 16.2. The summed E-state index contributed by atoms with van der Waals surface area (Å²) in [6, 6.07) is 7.61. The van der Waals surface area contributed by atoms with E-state index < -0.39 is 0 Å². The van der Waals surface area contributed by atoms with Gasteiger partial charge in [0.15, 0.2) is 17.1 Å². The van der Waals surface area contributed by atoms with E-state index in [0.29, 0.717) is 29.3 Å². The van der Waals surface area contributed by atoms with Gasteiger partial charge in [0, 0.05) is 23.5 Å². The lowest BCUT2D eigenvalue weighted by Gasteiger charge is -2.14. The van der Waals surface area contributed by atoms with Crippen LogP contribution in [0.4, 0.5) is 0 Å². The molecule has 1 N–H and O–H groups in total. The number of methoxy groups -OCH3 is 2. The van der Waals surface area contributed by atoms with Gasteiger partial charge in [-0.15, -0.1) is 0 Å². The number of aryl methyl sites for hydroxylation is 1. The topological polar surface area (TPSA) is 78.3 Å². The van der Waals surface area contributed by atoms with Gasteiger partial charge in [0.1, 0.15) is 0 Å². The van der Waals surface area contributed by atoms with Crippen molar-refractivity contribution >= 4 is 16.9 Å². The number of carbonyl (C=O) groups excluding carboxylic acids is 1. The van der Waals surface area contributed by atoms with E-state index in [1.807, 2.05) is 49.7 Å².